The van der Waals surface area contributed by atoms with Gasteiger partial charge in [0.2, 0.25) is 11.1 Å². The monoisotopic (exact) mass is 325 g/mol. The maximum absolute atomic E-state index is 12.2. The first-order valence-corrected chi connectivity index (χ1v) is 7.55. The summed E-state index contributed by atoms with van der Waals surface area (Å²) in [5, 5.41) is 21.0. The number of aliphatic carboxylic acids is 1. The molecule has 0 saturated carbocycles. The second-order valence-corrected chi connectivity index (χ2v) is 6.19. The fraction of sp³-hybridized carbons (Fsp3) is 0.583. The molecule has 0 spiro atoms. The standard InChI is InChI=1S/C12H15N5O4S/c1-16-12(13-14-15-16)22-8-5-7-6(3-4-21-2)10(18)17(7)9(8)11(19)20/h6-7H,3-5H2,1-2H3,(H,19,20). The molecule has 2 aliphatic rings. The molecule has 0 aromatic carbocycles. The van der Waals surface area contributed by atoms with Crippen molar-refractivity contribution in [3.63, 3.8) is 0 Å². The van der Waals surface area contributed by atoms with E-state index in [4.69, 9.17) is 4.74 Å². The number of ether oxygens (including phenoxy) is 1. The first kappa shape index (κ1) is 15.0. The van der Waals surface area contributed by atoms with Crippen LogP contribution in [0.5, 0.6) is 0 Å². The summed E-state index contributed by atoms with van der Waals surface area (Å²) in [7, 11) is 3.26. The minimum absolute atomic E-state index is 0.0525. The van der Waals surface area contributed by atoms with Gasteiger partial charge in [-0.2, -0.15) is 0 Å². The van der Waals surface area contributed by atoms with Crippen LogP contribution in [0.3, 0.4) is 0 Å². The number of carbonyl (C=O) groups is 2. The molecule has 1 N–H and O–H groups in total. The average molecular weight is 325 g/mol. The number of aryl methyl sites for hydroxylation is 1. The van der Waals surface area contributed by atoms with E-state index in [-0.39, 0.29) is 23.6 Å². The largest absolute Gasteiger partial charge is 0.477 e. The van der Waals surface area contributed by atoms with Crippen molar-refractivity contribution in [1.82, 2.24) is 25.1 Å². The number of tetrazole rings is 1. The Labute approximate surface area is 130 Å². The topological polar surface area (TPSA) is 110 Å². The number of hydrogen-bond donors (Lipinski definition) is 1. The summed E-state index contributed by atoms with van der Waals surface area (Å²) in [4.78, 5) is 25.7. The Morgan fingerprint density at radius 3 is 2.91 bits per heavy atom. The minimum Gasteiger partial charge on any atom is -0.477 e. The fourth-order valence-corrected chi connectivity index (χ4v) is 3.83. The first-order chi connectivity index (χ1) is 10.5. The summed E-state index contributed by atoms with van der Waals surface area (Å²) in [6.07, 6.45) is 1.12. The van der Waals surface area contributed by atoms with Gasteiger partial charge >= 0.3 is 5.97 Å². The Kier molecular flexibility index (Phi) is 3.87. The van der Waals surface area contributed by atoms with Crippen LogP contribution in [0, 0.1) is 5.92 Å². The number of β-lactam (4-membered cyclic amide) rings is 1. The second kappa shape index (κ2) is 5.69. The van der Waals surface area contributed by atoms with Crippen molar-refractivity contribution in [2.24, 2.45) is 13.0 Å². The molecule has 0 bridgehead atoms. The Morgan fingerprint density at radius 1 is 1.55 bits per heavy atom. The summed E-state index contributed by atoms with van der Waals surface area (Å²) in [6, 6.07) is -0.0996. The second-order valence-electron chi connectivity index (χ2n) is 5.13. The number of nitrogens with zero attached hydrogens (tertiary/aromatic N) is 5. The van der Waals surface area contributed by atoms with E-state index in [1.54, 1.807) is 14.2 Å². The van der Waals surface area contributed by atoms with Crippen LogP contribution in [0.4, 0.5) is 0 Å². The van der Waals surface area contributed by atoms with E-state index in [0.717, 1.165) is 0 Å². The van der Waals surface area contributed by atoms with Crippen LogP contribution in [-0.2, 0) is 21.4 Å². The summed E-state index contributed by atoms with van der Waals surface area (Å²) < 4.78 is 6.48. The molecule has 118 valence electrons. The molecule has 0 radical (unpaired) electrons. The van der Waals surface area contributed by atoms with E-state index in [2.05, 4.69) is 15.5 Å². The molecule has 3 rings (SSSR count). The highest BCUT2D eigenvalue weighted by atomic mass is 32.2. The molecule has 10 heteroatoms. The zero-order chi connectivity index (χ0) is 15.9. The zero-order valence-corrected chi connectivity index (χ0v) is 12.9. The van der Waals surface area contributed by atoms with Crippen LogP contribution >= 0.6 is 11.8 Å². The van der Waals surface area contributed by atoms with Gasteiger partial charge in [-0.05, 0) is 16.8 Å². The van der Waals surface area contributed by atoms with Crippen LogP contribution in [0.15, 0.2) is 15.8 Å². The summed E-state index contributed by atoms with van der Waals surface area (Å²) in [5.41, 5.74) is 0.0525. The summed E-state index contributed by atoms with van der Waals surface area (Å²) >= 11 is 1.20. The molecule has 2 aliphatic heterocycles. The van der Waals surface area contributed by atoms with Crippen LogP contribution in [-0.4, -0.2) is 61.8 Å². The molecule has 1 fully saturated rings. The van der Waals surface area contributed by atoms with E-state index in [0.29, 0.717) is 29.5 Å². The van der Waals surface area contributed by atoms with Gasteiger partial charge in [-0.25, -0.2) is 9.48 Å². The van der Waals surface area contributed by atoms with Gasteiger partial charge in [-0.3, -0.25) is 4.79 Å². The van der Waals surface area contributed by atoms with E-state index < -0.39 is 5.97 Å². The third kappa shape index (κ3) is 2.28. The van der Waals surface area contributed by atoms with Crippen LogP contribution < -0.4 is 0 Å². The first-order valence-electron chi connectivity index (χ1n) is 6.73. The van der Waals surface area contributed by atoms with Crippen molar-refractivity contribution in [3.05, 3.63) is 10.6 Å². The number of carbonyl (C=O) groups excluding carboxylic acids is 1. The number of rotatable bonds is 6. The van der Waals surface area contributed by atoms with Crippen molar-refractivity contribution in [3.8, 4) is 0 Å². The molecule has 22 heavy (non-hydrogen) atoms. The maximum Gasteiger partial charge on any atom is 0.353 e. The van der Waals surface area contributed by atoms with Crippen molar-refractivity contribution >= 4 is 23.6 Å². The highest BCUT2D eigenvalue weighted by Gasteiger charge is 2.54. The van der Waals surface area contributed by atoms with Gasteiger partial charge < -0.3 is 14.7 Å². The maximum atomic E-state index is 12.2. The number of fused-ring (bicyclic) bond motifs is 1. The molecule has 1 amide bonds. The van der Waals surface area contributed by atoms with Crippen LogP contribution in [0.2, 0.25) is 0 Å². The fourth-order valence-electron chi connectivity index (χ4n) is 2.83. The smallest absolute Gasteiger partial charge is 0.353 e. The number of methoxy groups -OCH3 is 1. The molecular weight excluding hydrogens is 310 g/mol. The predicted octanol–water partition coefficient (Wildman–Crippen LogP) is -0.134. The van der Waals surface area contributed by atoms with E-state index in [1.165, 1.54) is 21.3 Å². The molecule has 2 atom stereocenters. The van der Waals surface area contributed by atoms with E-state index >= 15 is 0 Å². The summed E-state index contributed by atoms with van der Waals surface area (Å²) in [5.74, 6) is -1.42. The Morgan fingerprint density at radius 2 is 2.32 bits per heavy atom. The lowest BCUT2D eigenvalue weighted by Crippen LogP contribution is -2.58. The Hall–Kier alpha value is -1.94. The molecule has 1 aromatic heterocycles. The highest BCUT2D eigenvalue weighted by Crippen LogP contribution is 2.48. The SMILES string of the molecule is COCCC1C(=O)N2C(C(=O)O)=C(Sc3nnnn3C)CC12. The number of aromatic nitrogens is 4. The molecule has 1 saturated heterocycles. The third-order valence-electron chi connectivity index (χ3n) is 3.88. The lowest BCUT2D eigenvalue weighted by Gasteiger charge is -2.43. The molecular formula is C12H15N5O4S. The predicted molar refractivity (Wildman–Crippen MR) is 74.6 cm³/mol. The van der Waals surface area contributed by atoms with Gasteiger partial charge in [0.05, 0.1) is 12.0 Å². The van der Waals surface area contributed by atoms with Gasteiger partial charge in [0, 0.05) is 32.1 Å². The van der Waals surface area contributed by atoms with Crippen LogP contribution in [0.25, 0.3) is 0 Å². The lowest BCUT2D eigenvalue weighted by molar-refractivity contribution is -0.156. The van der Waals surface area contributed by atoms with E-state index in [9.17, 15) is 14.7 Å². The molecule has 9 nitrogen and oxygen atoms in total. The van der Waals surface area contributed by atoms with Gasteiger partial charge in [0.1, 0.15) is 5.70 Å². The van der Waals surface area contributed by atoms with Crippen molar-refractivity contribution in [2.45, 2.75) is 24.0 Å². The number of amides is 1. The van der Waals surface area contributed by atoms with Crippen molar-refractivity contribution in [2.75, 3.05) is 13.7 Å². The van der Waals surface area contributed by atoms with Crippen molar-refractivity contribution < 1.29 is 19.4 Å². The number of hydrogen-bond acceptors (Lipinski definition) is 7. The van der Waals surface area contributed by atoms with Crippen LogP contribution in [0.1, 0.15) is 12.8 Å². The van der Waals surface area contributed by atoms with E-state index in [1.807, 2.05) is 0 Å². The lowest BCUT2D eigenvalue weighted by atomic mass is 9.85. The van der Waals surface area contributed by atoms with Gasteiger partial charge in [0.15, 0.2) is 0 Å². The molecule has 2 unspecified atom stereocenters. The Balaban J connectivity index is 1.82. The normalized spacial score (nSPS) is 23.7. The van der Waals surface area contributed by atoms with Crippen molar-refractivity contribution in [1.29, 1.82) is 0 Å². The molecule has 1 aromatic rings. The molecule has 0 aliphatic carbocycles. The zero-order valence-electron chi connectivity index (χ0n) is 12.1. The van der Waals surface area contributed by atoms with Gasteiger partial charge in [-0.15, -0.1) is 5.10 Å². The average Bonchev–Trinajstić information content (AvgIpc) is 3.02. The number of thioether (sulfide) groups is 1. The number of carboxylic acids is 1. The third-order valence-corrected chi connectivity index (χ3v) is 5.02. The molecule has 3 heterocycles. The Bertz CT molecular complexity index is 658. The number of carboxylic acid groups (broad SMARTS) is 1. The quantitative estimate of drug-likeness (QED) is 0.720. The minimum atomic E-state index is -1.10. The van der Waals surface area contributed by atoms with Gasteiger partial charge in [-0.1, -0.05) is 11.8 Å². The highest BCUT2D eigenvalue weighted by molar-refractivity contribution is 8.03. The summed E-state index contributed by atoms with van der Waals surface area (Å²) in [6.45, 7) is 0.485. The van der Waals surface area contributed by atoms with Gasteiger partial charge in [0.25, 0.3) is 0 Å².